The van der Waals surface area contributed by atoms with E-state index in [0.717, 1.165) is 26.2 Å². The first kappa shape index (κ1) is 11.7. The summed E-state index contributed by atoms with van der Waals surface area (Å²) >= 11 is 0. The summed E-state index contributed by atoms with van der Waals surface area (Å²) in [6.07, 6.45) is 6.37. The van der Waals surface area contributed by atoms with E-state index in [9.17, 15) is 4.79 Å². The van der Waals surface area contributed by atoms with Crippen LogP contribution in [-0.4, -0.2) is 55.1 Å². The first-order chi connectivity index (χ1) is 7.83. The van der Waals surface area contributed by atoms with E-state index in [4.69, 9.17) is 0 Å². The number of rotatable bonds is 4. The molecule has 2 rings (SSSR count). The fourth-order valence-corrected chi connectivity index (χ4v) is 2.79. The Morgan fingerprint density at radius 2 is 2.00 bits per heavy atom. The number of carbonyl (C=O) groups is 1. The molecule has 2 amide bonds. The van der Waals surface area contributed by atoms with Crippen LogP contribution in [0.1, 0.15) is 32.1 Å². The number of carbonyl (C=O) groups excluding carboxylic acids is 1. The average molecular weight is 225 g/mol. The third kappa shape index (κ3) is 2.48. The van der Waals surface area contributed by atoms with Gasteiger partial charge in [0.1, 0.15) is 0 Å². The molecule has 1 aliphatic carbocycles. The van der Waals surface area contributed by atoms with Crippen molar-refractivity contribution >= 4 is 6.03 Å². The molecule has 1 saturated carbocycles. The largest absolute Gasteiger partial charge is 0.322 e. The summed E-state index contributed by atoms with van der Waals surface area (Å²) in [6, 6.07) is 0.794. The fourth-order valence-electron chi connectivity index (χ4n) is 2.79. The van der Waals surface area contributed by atoms with Gasteiger partial charge in [0.15, 0.2) is 0 Å². The van der Waals surface area contributed by atoms with Gasteiger partial charge in [-0.05, 0) is 19.9 Å². The predicted octanol–water partition coefficient (Wildman–Crippen LogP) is 1.28. The Morgan fingerprint density at radius 3 is 2.69 bits per heavy atom. The Hall–Kier alpha value is -0.770. The third-order valence-electron chi connectivity index (χ3n) is 3.77. The van der Waals surface area contributed by atoms with Gasteiger partial charge in [0.25, 0.3) is 0 Å². The number of hydrogen-bond acceptors (Lipinski definition) is 2. The molecule has 16 heavy (non-hydrogen) atoms. The van der Waals surface area contributed by atoms with Crippen LogP contribution < -0.4 is 5.32 Å². The van der Waals surface area contributed by atoms with E-state index in [1.165, 1.54) is 32.1 Å². The smallest absolute Gasteiger partial charge is 0.320 e. The Kier molecular flexibility index (Phi) is 4.04. The number of hydrogen-bond donors (Lipinski definition) is 1. The molecule has 2 fully saturated rings. The zero-order valence-electron chi connectivity index (χ0n) is 10.2. The number of amides is 2. The molecule has 1 N–H and O–H groups in total. The van der Waals surface area contributed by atoms with Crippen LogP contribution in [0.3, 0.4) is 0 Å². The van der Waals surface area contributed by atoms with Gasteiger partial charge in [-0.1, -0.05) is 19.3 Å². The van der Waals surface area contributed by atoms with E-state index >= 15 is 0 Å². The van der Waals surface area contributed by atoms with Gasteiger partial charge in [-0.15, -0.1) is 0 Å². The van der Waals surface area contributed by atoms with Gasteiger partial charge in [0, 0.05) is 32.2 Å². The van der Waals surface area contributed by atoms with E-state index in [2.05, 4.69) is 10.2 Å². The summed E-state index contributed by atoms with van der Waals surface area (Å²) < 4.78 is 0. The van der Waals surface area contributed by atoms with Gasteiger partial charge in [0.05, 0.1) is 0 Å². The highest BCUT2D eigenvalue weighted by atomic mass is 16.2. The highest BCUT2D eigenvalue weighted by Crippen LogP contribution is 2.25. The van der Waals surface area contributed by atoms with Crippen LogP contribution in [0.15, 0.2) is 0 Å². The second-order valence-corrected chi connectivity index (χ2v) is 4.86. The molecular weight excluding hydrogens is 202 g/mol. The molecule has 2 aliphatic rings. The maximum absolute atomic E-state index is 12.1. The molecule has 4 heteroatoms. The number of urea groups is 1. The summed E-state index contributed by atoms with van der Waals surface area (Å²) in [7, 11) is 1.93. The molecular formula is C12H23N3O. The number of likely N-dealkylation sites (N-methyl/N-ethyl adjacent to an activating group) is 1. The molecule has 92 valence electrons. The van der Waals surface area contributed by atoms with Gasteiger partial charge in [-0.25, -0.2) is 4.79 Å². The second-order valence-electron chi connectivity index (χ2n) is 4.86. The van der Waals surface area contributed by atoms with Crippen molar-refractivity contribution in [1.29, 1.82) is 0 Å². The van der Waals surface area contributed by atoms with Crippen LogP contribution in [0.5, 0.6) is 0 Å². The van der Waals surface area contributed by atoms with Gasteiger partial charge < -0.3 is 15.1 Å². The molecule has 0 spiro atoms. The standard InChI is InChI=1S/C12H23N3O/c1-13-7-8-14-9-10-15(12(14)16)11-5-3-2-4-6-11/h11,13H,2-10H2,1H3. The molecule has 0 aromatic heterocycles. The normalized spacial score (nSPS) is 23.2. The van der Waals surface area contributed by atoms with Gasteiger partial charge in [-0.3, -0.25) is 0 Å². The molecule has 0 aromatic rings. The Bertz CT molecular complexity index is 238. The third-order valence-corrected chi connectivity index (χ3v) is 3.77. The quantitative estimate of drug-likeness (QED) is 0.782. The summed E-state index contributed by atoms with van der Waals surface area (Å²) in [5.41, 5.74) is 0. The van der Waals surface area contributed by atoms with E-state index in [1.54, 1.807) is 0 Å². The molecule has 0 atom stereocenters. The second kappa shape index (κ2) is 5.53. The highest BCUT2D eigenvalue weighted by Gasteiger charge is 2.33. The molecule has 4 nitrogen and oxygen atoms in total. The van der Waals surface area contributed by atoms with Crippen molar-refractivity contribution in [2.75, 3.05) is 33.2 Å². The minimum absolute atomic E-state index is 0.266. The molecule has 0 aromatic carbocycles. The molecule has 1 heterocycles. The van der Waals surface area contributed by atoms with Gasteiger partial charge >= 0.3 is 6.03 Å². The summed E-state index contributed by atoms with van der Waals surface area (Å²) in [5, 5.41) is 3.10. The lowest BCUT2D eigenvalue weighted by Crippen LogP contribution is -2.41. The van der Waals surface area contributed by atoms with Crippen LogP contribution in [0, 0.1) is 0 Å². The first-order valence-corrected chi connectivity index (χ1v) is 6.53. The van der Waals surface area contributed by atoms with Crippen LogP contribution >= 0.6 is 0 Å². The lowest BCUT2D eigenvalue weighted by Gasteiger charge is -2.30. The molecule has 1 saturated heterocycles. The minimum atomic E-state index is 0.266. The molecule has 1 aliphatic heterocycles. The zero-order chi connectivity index (χ0) is 11.4. The van der Waals surface area contributed by atoms with Crippen molar-refractivity contribution in [2.45, 2.75) is 38.1 Å². The maximum Gasteiger partial charge on any atom is 0.320 e. The Labute approximate surface area is 98.0 Å². The average Bonchev–Trinajstić information content (AvgIpc) is 2.69. The highest BCUT2D eigenvalue weighted by molar-refractivity contribution is 5.76. The summed E-state index contributed by atoms with van der Waals surface area (Å²) in [5.74, 6) is 0. The van der Waals surface area contributed by atoms with Crippen LogP contribution in [0.2, 0.25) is 0 Å². The minimum Gasteiger partial charge on any atom is -0.322 e. The van der Waals surface area contributed by atoms with E-state index in [1.807, 2.05) is 11.9 Å². The lowest BCUT2D eigenvalue weighted by molar-refractivity contribution is 0.163. The molecule has 0 radical (unpaired) electrons. The van der Waals surface area contributed by atoms with Gasteiger partial charge in [0.2, 0.25) is 0 Å². The summed E-state index contributed by atoms with van der Waals surface area (Å²) in [6.45, 7) is 3.59. The van der Waals surface area contributed by atoms with E-state index in [0.29, 0.717) is 6.04 Å². The summed E-state index contributed by atoms with van der Waals surface area (Å²) in [4.78, 5) is 16.2. The van der Waals surface area contributed by atoms with Crippen LogP contribution in [0.25, 0.3) is 0 Å². The Balaban J connectivity index is 1.85. The SMILES string of the molecule is CNCCN1CCN(C2CCCCC2)C1=O. The lowest BCUT2D eigenvalue weighted by atomic mass is 9.94. The van der Waals surface area contributed by atoms with Crippen molar-refractivity contribution in [3.05, 3.63) is 0 Å². The van der Waals surface area contributed by atoms with E-state index in [-0.39, 0.29) is 6.03 Å². The molecule has 0 unspecified atom stereocenters. The van der Waals surface area contributed by atoms with E-state index < -0.39 is 0 Å². The monoisotopic (exact) mass is 225 g/mol. The van der Waals surface area contributed by atoms with Crippen molar-refractivity contribution in [3.63, 3.8) is 0 Å². The Morgan fingerprint density at radius 1 is 1.25 bits per heavy atom. The van der Waals surface area contributed by atoms with Crippen LogP contribution in [-0.2, 0) is 0 Å². The van der Waals surface area contributed by atoms with Crippen molar-refractivity contribution < 1.29 is 4.79 Å². The van der Waals surface area contributed by atoms with Gasteiger partial charge in [-0.2, -0.15) is 0 Å². The number of nitrogens with zero attached hydrogens (tertiary/aromatic N) is 2. The van der Waals surface area contributed by atoms with Crippen molar-refractivity contribution in [3.8, 4) is 0 Å². The van der Waals surface area contributed by atoms with Crippen molar-refractivity contribution in [1.82, 2.24) is 15.1 Å². The predicted molar refractivity (Wildman–Crippen MR) is 64.5 cm³/mol. The van der Waals surface area contributed by atoms with Crippen LogP contribution in [0.4, 0.5) is 4.79 Å². The fraction of sp³-hybridized carbons (Fsp3) is 0.917. The first-order valence-electron chi connectivity index (χ1n) is 6.53. The molecule has 0 bridgehead atoms. The van der Waals surface area contributed by atoms with Crippen molar-refractivity contribution in [2.24, 2.45) is 0 Å². The zero-order valence-corrected chi connectivity index (χ0v) is 10.2. The maximum atomic E-state index is 12.1. The topological polar surface area (TPSA) is 35.6 Å². The number of nitrogens with one attached hydrogen (secondary N) is 1.